The lowest BCUT2D eigenvalue weighted by Crippen LogP contribution is -2.08. The maximum absolute atomic E-state index is 5.36. The molecule has 1 N–H and O–H groups in total. The predicted molar refractivity (Wildman–Crippen MR) is 71.7 cm³/mol. The Kier molecular flexibility index (Phi) is 4.04. The minimum atomic E-state index is 0.955. The van der Waals surface area contributed by atoms with E-state index in [0.29, 0.717) is 0 Å². The molecule has 0 saturated heterocycles. The number of hydrogen-bond acceptors (Lipinski definition) is 2. The molecule has 92 valence electrons. The van der Waals surface area contributed by atoms with Crippen molar-refractivity contribution in [1.82, 2.24) is 9.88 Å². The van der Waals surface area contributed by atoms with Crippen LogP contribution in [0.1, 0.15) is 12.8 Å². The van der Waals surface area contributed by atoms with Crippen LogP contribution in [0.2, 0.25) is 0 Å². The highest BCUT2D eigenvalue weighted by Crippen LogP contribution is 2.26. The summed E-state index contributed by atoms with van der Waals surface area (Å²) in [6.45, 7) is 2.15. The normalized spacial score (nSPS) is 10.9. The van der Waals surface area contributed by atoms with E-state index in [1.54, 1.807) is 7.11 Å². The highest BCUT2D eigenvalue weighted by Gasteiger charge is 2.04. The molecule has 1 aromatic heterocycles. The molecular formula is C14H20N2O. The van der Waals surface area contributed by atoms with Crippen molar-refractivity contribution < 1.29 is 4.74 Å². The minimum Gasteiger partial charge on any atom is -0.496 e. The number of hydrogen-bond donors (Lipinski definition) is 1. The Labute approximate surface area is 102 Å². The number of methoxy groups -OCH3 is 1. The number of rotatable bonds is 6. The maximum atomic E-state index is 5.36. The molecule has 0 saturated carbocycles. The van der Waals surface area contributed by atoms with Crippen LogP contribution in [0.4, 0.5) is 0 Å². The first-order chi connectivity index (χ1) is 8.36. The summed E-state index contributed by atoms with van der Waals surface area (Å²) in [5, 5.41) is 4.37. The monoisotopic (exact) mass is 232 g/mol. The van der Waals surface area contributed by atoms with E-state index in [0.717, 1.165) is 18.8 Å². The fraction of sp³-hybridized carbons (Fsp3) is 0.429. The number of ether oxygens (including phenoxy) is 1. The molecule has 3 nitrogen and oxygen atoms in total. The van der Waals surface area contributed by atoms with E-state index in [2.05, 4.69) is 28.2 Å². The summed E-state index contributed by atoms with van der Waals surface area (Å²) in [6.07, 6.45) is 4.55. The zero-order valence-electron chi connectivity index (χ0n) is 10.6. The summed E-state index contributed by atoms with van der Waals surface area (Å²) in [5.41, 5.74) is 1.26. The van der Waals surface area contributed by atoms with Gasteiger partial charge in [0.05, 0.1) is 12.6 Å². The molecule has 0 atom stereocenters. The van der Waals surface area contributed by atoms with Gasteiger partial charge in [0.25, 0.3) is 0 Å². The van der Waals surface area contributed by atoms with Crippen molar-refractivity contribution in [2.75, 3.05) is 20.7 Å². The lowest BCUT2D eigenvalue weighted by molar-refractivity contribution is 0.420. The van der Waals surface area contributed by atoms with E-state index in [1.807, 2.05) is 19.2 Å². The number of unbranched alkanes of at least 4 members (excludes halogenated alkanes) is 1. The fourth-order valence-corrected chi connectivity index (χ4v) is 2.15. The Morgan fingerprint density at radius 3 is 2.88 bits per heavy atom. The number of benzene rings is 1. The molecule has 1 heterocycles. The van der Waals surface area contributed by atoms with Crippen LogP contribution in [0.5, 0.6) is 5.75 Å². The van der Waals surface area contributed by atoms with Crippen LogP contribution in [0, 0.1) is 0 Å². The van der Waals surface area contributed by atoms with E-state index in [9.17, 15) is 0 Å². The van der Waals surface area contributed by atoms with Gasteiger partial charge in [-0.15, -0.1) is 0 Å². The molecule has 3 heteroatoms. The van der Waals surface area contributed by atoms with Crippen molar-refractivity contribution in [3.8, 4) is 5.75 Å². The number of nitrogens with one attached hydrogen (secondary N) is 1. The average Bonchev–Trinajstić information content (AvgIpc) is 2.78. The Balaban J connectivity index is 2.13. The second kappa shape index (κ2) is 5.73. The van der Waals surface area contributed by atoms with Crippen molar-refractivity contribution in [2.24, 2.45) is 0 Å². The first-order valence-electron chi connectivity index (χ1n) is 6.13. The van der Waals surface area contributed by atoms with Gasteiger partial charge in [-0.2, -0.15) is 0 Å². The smallest absolute Gasteiger partial charge is 0.128 e. The van der Waals surface area contributed by atoms with Crippen LogP contribution in [-0.2, 0) is 6.54 Å². The molecule has 0 aliphatic rings. The lowest BCUT2D eigenvalue weighted by atomic mass is 10.2. The maximum Gasteiger partial charge on any atom is 0.128 e. The van der Waals surface area contributed by atoms with Gasteiger partial charge in [0.2, 0.25) is 0 Å². The Morgan fingerprint density at radius 2 is 2.12 bits per heavy atom. The molecule has 0 aliphatic heterocycles. The van der Waals surface area contributed by atoms with E-state index < -0.39 is 0 Å². The van der Waals surface area contributed by atoms with Crippen LogP contribution in [0.15, 0.2) is 30.5 Å². The van der Waals surface area contributed by atoms with Crippen molar-refractivity contribution in [1.29, 1.82) is 0 Å². The van der Waals surface area contributed by atoms with Crippen LogP contribution in [0.25, 0.3) is 10.9 Å². The number of aromatic nitrogens is 1. The van der Waals surface area contributed by atoms with Gasteiger partial charge in [0, 0.05) is 18.1 Å². The summed E-state index contributed by atoms with van der Waals surface area (Å²) >= 11 is 0. The molecule has 1 aromatic carbocycles. The third-order valence-electron chi connectivity index (χ3n) is 3.07. The molecule has 0 aliphatic carbocycles. The van der Waals surface area contributed by atoms with Gasteiger partial charge in [-0.05, 0) is 44.6 Å². The van der Waals surface area contributed by atoms with Gasteiger partial charge in [-0.1, -0.05) is 6.07 Å². The summed E-state index contributed by atoms with van der Waals surface area (Å²) in [7, 11) is 3.72. The fourth-order valence-electron chi connectivity index (χ4n) is 2.15. The Morgan fingerprint density at radius 1 is 1.24 bits per heavy atom. The van der Waals surface area contributed by atoms with Crippen LogP contribution in [0.3, 0.4) is 0 Å². The highest BCUT2D eigenvalue weighted by atomic mass is 16.5. The van der Waals surface area contributed by atoms with Crippen molar-refractivity contribution in [3.63, 3.8) is 0 Å². The molecule has 0 fully saturated rings. The molecule has 17 heavy (non-hydrogen) atoms. The molecule has 0 bridgehead atoms. The highest BCUT2D eigenvalue weighted by molar-refractivity contribution is 5.86. The summed E-state index contributed by atoms with van der Waals surface area (Å²) in [5.74, 6) is 0.955. The molecular weight excluding hydrogens is 212 g/mol. The molecule has 0 amide bonds. The molecule has 0 radical (unpaired) electrons. The van der Waals surface area contributed by atoms with Crippen molar-refractivity contribution in [2.45, 2.75) is 19.4 Å². The zero-order chi connectivity index (χ0) is 12.1. The second-order valence-electron chi connectivity index (χ2n) is 4.21. The van der Waals surface area contributed by atoms with Gasteiger partial charge in [0.15, 0.2) is 0 Å². The number of nitrogens with zero attached hydrogens (tertiary/aromatic N) is 1. The van der Waals surface area contributed by atoms with Crippen LogP contribution in [-0.4, -0.2) is 25.3 Å². The second-order valence-corrected chi connectivity index (χ2v) is 4.21. The third-order valence-corrected chi connectivity index (χ3v) is 3.07. The number of aryl methyl sites for hydroxylation is 1. The molecule has 2 aromatic rings. The Bertz CT molecular complexity index is 476. The third kappa shape index (κ3) is 2.61. The molecule has 0 unspecified atom stereocenters. The van der Waals surface area contributed by atoms with E-state index >= 15 is 0 Å². The quantitative estimate of drug-likeness (QED) is 0.775. The zero-order valence-corrected chi connectivity index (χ0v) is 10.6. The van der Waals surface area contributed by atoms with Gasteiger partial charge in [-0.25, -0.2) is 0 Å². The first-order valence-corrected chi connectivity index (χ1v) is 6.13. The number of fused-ring (bicyclic) bond motifs is 1. The van der Waals surface area contributed by atoms with Gasteiger partial charge in [-0.3, -0.25) is 0 Å². The van der Waals surface area contributed by atoms with Crippen molar-refractivity contribution in [3.05, 3.63) is 30.5 Å². The standard InChI is InChI=1S/C14H20N2O/c1-15-9-3-4-10-16-11-8-12-13(16)6-5-7-14(12)17-2/h5-8,11,15H,3-4,9-10H2,1-2H3. The summed E-state index contributed by atoms with van der Waals surface area (Å²) in [6, 6.07) is 8.33. The van der Waals surface area contributed by atoms with E-state index in [1.165, 1.54) is 23.7 Å². The van der Waals surface area contributed by atoms with Gasteiger partial charge >= 0.3 is 0 Å². The Hall–Kier alpha value is -1.48. The molecule has 0 spiro atoms. The summed E-state index contributed by atoms with van der Waals surface area (Å²) < 4.78 is 7.66. The molecule has 2 rings (SSSR count). The van der Waals surface area contributed by atoms with Crippen LogP contribution >= 0.6 is 0 Å². The largest absolute Gasteiger partial charge is 0.496 e. The van der Waals surface area contributed by atoms with Gasteiger partial charge < -0.3 is 14.6 Å². The SMILES string of the molecule is CNCCCCn1ccc2c(OC)cccc21. The first kappa shape index (κ1) is 12.0. The average molecular weight is 232 g/mol. The predicted octanol–water partition coefficient (Wildman–Crippen LogP) is 2.65. The van der Waals surface area contributed by atoms with E-state index in [-0.39, 0.29) is 0 Å². The van der Waals surface area contributed by atoms with E-state index in [4.69, 9.17) is 4.74 Å². The van der Waals surface area contributed by atoms with Crippen LogP contribution < -0.4 is 10.1 Å². The summed E-state index contributed by atoms with van der Waals surface area (Å²) in [4.78, 5) is 0. The lowest BCUT2D eigenvalue weighted by Gasteiger charge is -2.06. The van der Waals surface area contributed by atoms with Crippen molar-refractivity contribution >= 4 is 10.9 Å². The minimum absolute atomic E-state index is 0.955. The van der Waals surface area contributed by atoms with Gasteiger partial charge in [0.1, 0.15) is 5.75 Å². The topological polar surface area (TPSA) is 26.2 Å².